The van der Waals surface area contributed by atoms with Crippen LogP contribution in [0.2, 0.25) is 0 Å². The van der Waals surface area contributed by atoms with Crippen LogP contribution >= 0.6 is 0 Å². The highest BCUT2D eigenvalue weighted by Crippen LogP contribution is 2.35. The quantitative estimate of drug-likeness (QED) is 0.726. The number of aliphatic hydroxyl groups excluding tert-OH is 1. The van der Waals surface area contributed by atoms with E-state index in [1.165, 1.54) is 6.07 Å². The van der Waals surface area contributed by atoms with E-state index in [0.29, 0.717) is 24.9 Å². The summed E-state index contributed by atoms with van der Waals surface area (Å²) in [7, 11) is 0. The minimum atomic E-state index is -0.553. The number of rotatable bonds is 2. The van der Waals surface area contributed by atoms with Crippen molar-refractivity contribution >= 4 is 11.0 Å². The summed E-state index contributed by atoms with van der Waals surface area (Å²) in [6.07, 6.45) is 4.04. The zero-order valence-corrected chi connectivity index (χ0v) is 15.5. The second-order valence-corrected chi connectivity index (χ2v) is 7.06. The lowest BCUT2D eigenvalue weighted by atomic mass is 9.91. The summed E-state index contributed by atoms with van der Waals surface area (Å²) in [5, 5.41) is 9.99. The lowest BCUT2D eigenvalue weighted by Gasteiger charge is -2.37. The van der Waals surface area contributed by atoms with Crippen LogP contribution in [0.25, 0.3) is 11.0 Å². The first kappa shape index (κ1) is 19.2. The van der Waals surface area contributed by atoms with Crippen molar-refractivity contribution in [3.8, 4) is 5.75 Å². The van der Waals surface area contributed by atoms with Gasteiger partial charge in [-0.2, -0.15) is 0 Å². The second-order valence-electron chi connectivity index (χ2n) is 7.06. The highest BCUT2D eigenvalue weighted by molar-refractivity contribution is 5.77. The first-order valence-corrected chi connectivity index (χ1v) is 8.95. The van der Waals surface area contributed by atoms with Crippen LogP contribution in [0.4, 0.5) is 4.39 Å². The summed E-state index contributed by atoms with van der Waals surface area (Å²) in [4.78, 5) is 8.50. The molecule has 1 unspecified atom stereocenters. The molecular weight excluding hydrogens is 345 g/mol. The Morgan fingerprint density at radius 2 is 1.85 bits per heavy atom. The third kappa shape index (κ3) is 4.40. The first-order valence-electron chi connectivity index (χ1n) is 8.95. The minimum absolute atomic E-state index is 0.159. The summed E-state index contributed by atoms with van der Waals surface area (Å²) in [6.45, 7) is 4.28. The molecule has 0 bridgehead atoms. The maximum absolute atomic E-state index is 12.7. The Labute approximate surface area is 158 Å². The first-order chi connectivity index (χ1) is 12.9. The molecule has 1 atom stereocenters. The van der Waals surface area contributed by atoms with Gasteiger partial charge in [-0.3, -0.25) is 9.97 Å². The molecule has 6 heteroatoms. The van der Waals surface area contributed by atoms with Crippen molar-refractivity contribution in [3.63, 3.8) is 0 Å². The Morgan fingerprint density at radius 3 is 2.52 bits per heavy atom. The lowest BCUT2D eigenvalue weighted by molar-refractivity contribution is -0.0410. The van der Waals surface area contributed by atoms with Crippen molar-refractivity contribution < 1.29 is 14.2 Å². The molecule has 0 aliphatic carbocycles. The monoisotopic (exact) mass is 369 g/mol. The van der Waals surface area contributed by atoms with E-state index in [1.54, 1.807) is 24.5 Å². The summed E-state index contributed by atoms with van der Waals surface area (Å²) in [5.41, 5.74) is 8.05. The van der Waals surface area contributed by atoms with E-state index in [9.17, 15) is 9.50 Å². The van der Waals surface area contributed by atoms with Crippen molar-refractivity contribution in [2.75, 3.05) is 6.54 Å². The fourth-order valence-corrected chi connectivity index (χ4v) is 2.95. The molecule has 0 fully saturated rings. The molecule has 27 heavy (non-hydrogen) atoms. The van der Waals surface area contributed by atoms with Crippen LogP contribution in [0.1, 0.15) is 25.0 Å². The van der Waals surface area contributed by atoms with Crippen molar-refractivity contribution in [1.29, 1.82) is 0 Å². The van der Waals surface area contributed by atoms with Gasteiger partial charge in [-0.05, 0) is 50.1 Å². The number of benzene rings is 2. The SMILES string of the molecule is CC1(C)Oc2cc3nccnc3cc2CC1O.NCCc1ccccc1F. The van der Waals surface area contributed by atoms with Gasteiger partial charge in [0.25, 0.3) is 0 Å². The normalized spacial score (nSPS) is 17.4. The van der Waals surface area contributed by atoms with E-state index in [0.717, 1.165) is 22.3 Å². The lowest BCUT2D eigenvalue weighted by Crippen LogP contribution is -2.46. The van der Waals surface area contributed by atoms with Crippen LogP contribution in [0.15, 0.2) is 48.8 Å². The maximum Gasteiger partial charge on any atom is 0.129 e. The molecule has 0 radical (unpaired) electrons. The van der Waals surface area contributed by atoms with Crippen molar-refractivity contribution in [3.05, 3.63) is 65.7 Å². The predicted molar refractivity (Wildman–Crippen MR) is 103 cm³/mol. The third-order valence-corrected chi connectivity index (χ3v) is 4.61. The molecule has 5 nitrogen and oxygen atoms in total. The standard InChI is InChI=1S/C13H14N2O2.C8H10FN/c1-13(2)12(16)6-8-5-9-10(7-11(8)17-13)15-4-3-14-9;9-8-4-2-1-3-7(8)5-6-10/h3-5,7,12,16H,6H2,1-2H3;1-4H,5-6,10H2. The Balaban J connectivity index is 0.000000180. The second kappa shape index (κ2) is 7.98. The summed E-state index contributed by atoms with van der Waals surface area (Å²) < 4.78 is 18.5. The van der Waals surface area contributed by atoms with Crippen LogP contribution in [-0.4, -0.2) is 33.3 Å². The van der Waals surface area contributed by atoms with Crippen LogP contribution in [0.3, 0.4) is 0 Å². The summed E-state index contributed by atoms with van der Waals surface area (Å²) in [6, 6.07) is 10.5. The molecule has 1 aromatic heterocycles. The molecule has 1 aliphatic rings. The van der Waals surface area contributed by atoms with Gasteiger partial charge >= 0.3 is 0 Å². The molecule has 0 saturated heterocycles. The van der Waals surface area contributed by atoms with Gasteiger partial charge in [0.05, 0.1) is 17.1 Å². The molecular formula is C21H24FN3O2. The number of halogens is 1. The number of hydrogen-bond acceptors (Lipinski definition) is 5. The average Bonchev–Trinajstić information content (AvgIpc) is 2.64. The molecule has 2 heterocycles. The van der Waals surface area contributed by atoms with Gasteiger partial charge in [0.2, 0.25) is 0 Å². The zero-order chi connectivity index (χ0) is 19.4. The number of fused-ring (bicyclic) bond motifs is 2. The van der Waals surface area contributed by atoms with Gasteiger partial charge in [-0.15, -0.1) is 0 Å². The maximum atomic E-state index is 12.7. The largest absolute Gasteiger partial charge is 0.485 e. The number of aliphatic hydroxyl groups is 1. The smallest absolute Gasteiger partial charge is 0.129 e. The van der Waals surface area contributed by atoms with Gasteiger partial charge in [0.1, 0.15) is 17.2 Å². The van der Waals surface area contributed by atoms with Gasteiger partial charge in [-0.1, -0.05) is 18.2 Å². The van der Waals surface area contributed by atoms with Crippen LogP contribution < -0.4 is 10.5 Å². The number of ether oxygens (including phenoxy) is 1. The highest BCUT2D eigenvalue weighted by Gasteiger charge is 2.35. The number of nitrogens with two attached hydrogens (primary N) is 1. The number of nitrogens with zero attached hydrogens (tertiary/aromatic N) is 2. The molecule has 0 spiro atoms. The fourth-order valence-electron chi connectivity index (χ4n) is 2.95. The Morgan fingerprint density at radius 1 is 1.19 bits per heavy atom. The Hall–Kier alpha value is -2.57. The molecule has 0 amide bonds. The fraction of sp³-hybridized carbons (Fsp3) is 0.333. The van der Waals surface area contributed by atoms with Crippen molar-refractivity contribution in [2.24, 2.45) is 5.73 Å². The minimum Gasteiger partial charge on any atom is -0.485 e. The van der Waals surface area contributed by atoms with Gasteiger partial charge in [0, 0.05) is 24.9 Å². The van der Waals surface area contributed by atoms with Crippen LogP contribution in [0, 0.1) is 5.82 Å². The van der Waals surface area contributed by atoms with Gasteiger partial charge in [-0.25, -0.2) is 4.39 Å². The van der Waals surface area contributed by atoms with E-state index in [2.05, 4.69) is 9.97 Å². The number of hydrogen-bond donors (Lipinski definition) is 2. The van der Waals surface area contributed by atoms with Gasteiger partial charge in [0.15, 0.2) is 0 Å². The van der Waals surface area contributed by atoms with E-state index in [4.69, 9.17) is 10.5 Å². The average molecular weight is 369 g/mol. The van der Waals surface area contributed by atoms with E-state index < -0.39 is 11.7 Å². The molecule has 142 valence electrons. The molecule has 3 aromatic rings. The van der Waals surface area contributed by atoms with E-state index in [-0.39, 0.29) is 5.82 Å². The Bertz CT molecular complexity index is 930. The van der Waals surface area contributed by atoms with Gasteiger partial charge < -0.3 is 15.6 Å². The number of aromatic nitrogens is 2. The van der Waals surface area contributed by atoms with E-state index >= 15 is 0 Å². The Kier molecular flexibility index (Phi) is 5.68. The molecule has 2 aromatic carbocycles. The predicted octanol–water partition coefficient (Wildman–Crippen LogP) is 3.03. The molecule has 4 rings (SSSR count). The zero-order valence-electron chi connectivity index (χ0n) is 15.5. The topological polar surface area (TPSA) is 81.3 Å². The van der Waals surface area contributed by atoms with E-state index in [1.807, 2.05) is 32.0 Å². The highest BCUT2D eigenvalue weighted by atomic mass is 19.1. The van der Waals surface area contributed by atoms with Crippen LogP contribution in [0.5, 0.6) is 5.75 Å². The molecule has 3 N–H and O–H groups in total. The summed E-state index contributed by atoms with van der Waals surface area (Å²) >= 11 is 0. The van der Waals surface area contributed by atoms with Crippen molar-refractivity contribution in [1.82, 2.24) is 9.97 Å². The van der Waals surface area contributed by atoms with Crippen LogP contribution in [-0.2, 0) is 12.8 Å². The third-order valence-electron chi connectivity index (χ3n) is 4.61. The molecule has 1 aliphatic heterocycles. The summed E-state index contributed by atoms with van der Waals surface area (Å²) in [5.74, 6) is 0.640. The van der Waals surface area contributed by atoms with Crippen molar-refractivity contribution in [2.45, 2.75) is 38.4 Å². The molecule has 0 saturated carbocycles.